The van der Waals surface area contributed by atoms with Crippen LogP contribution in [0.25, 0.3) is 0 Å². The molecule has 27 heavy (non-hydrogen) atoms. The van der Waals surface area contributed by atoms with Crippen molar-refractivity contribution in [1.29, 1.82) is 0 Å². The molecular formula is C21H36N4O2. The zero-order chi connectivity index (χ0) is 18.6. The van der Waals surface area contributed by atoms with Crippen molar-refractivity contribution in [2.24, 2.45) is 22.7 Å². The fraction of sp³-hybridized carbons (Fsp3) is 0.905. The van der Waals surface area contributed by atoms with Crippen LogP contribution in [0.5, 0.6) is 0 Å². The van der Waals surface area contributed by atoms with E-state index < -0.39 is 0 Å². The van der Waals surface area contributed by atoms with E-state index >= 15 is 0 Å². The molecule has 6 nitrogen and oxygen atoms in total. The third-order valence-corrected chi connectivity index (χ3v) is 7.09. The number of likely N-dealkylation sites (tertiary alicyclic amines) is 1. The van der Waals surface area contributed by atoms with Crippen LogP contribution in [-0.2, 0) is 9.53 Å². The normalized spacial score (nSPS) is 31.1. The van der Waals surface area contributed by atoms with Gasteiger partial charge in [-0.3, -0.25) is 9.79 Å². The Labute approximate surface area is 163 Å². The molecule has 1 N–H and O–H groups in total. The first-order chi connectivity index (χ1) is 13.3. The molecule has 152 valence electrons. The number of carbonyl (C=O) groups is 1. The predicted octanol–water partition coefficient (Wildman–Crippen LogP) is 2.10. The highest BCUT2D eigenvalue weighted by atomic mass is 16.5. The van der Waals surface area contributed by atoms with Crippen LogP contribution in [0.3, 0.4) is 0 Å². The number of nitrogens with one attached hydrogen (secondary N) is 1. The van der Waals surface area contributed by atoms with E-state index in [1.807, 2.05) is 11.9 Å². The number of nitrogens with zero attached hydrogens (tertiary/aromatic N) is 3. The molecule has 4 rings (SSSR count). The van der Waals surface area contributed by atoms with Crippen LogP contribution in [-0.4, -0.2) is 74.1 Å². The minimum absolute atomic E-state index is 0.174. The summed E-state index contributed by atoms with van der Waals surface area (Å²) in [5.41, 5.74) is 0. The fourth-order valence-corrected chi connectivity index (χ4v) is 5.31. The monoisotopic (exact) mass is 376 g/mol. The molecule has 2 heterocycles. The molecule has 0 spiro atoms. The van der Waals surface area contributed by atoms with Crippen LogP contribution in [0.1, 0.15) is 51.4 Å². The van der Waals surface area contributed by atoms with Crippen molar-refractivity contribution in [3.8, 4) is 0 Å². The van der Waals surface area contributed by atoms with Crippen LogP contribution in [0, 0.1) is 17.8 Å². The van der Waals surface area contributed by atoms with Crippen molar-refractivity contribution in [2.75, 3.05) is 46.4 Å². The fourth-order valence-electron chi connectivity index (χ4n) is 5.31. The van der Waals surface area contributed by atoms with Crippen molar-refractivity contribution in [3.63, 3.8) is 0 Å². The molecular weight excluding hydrogens is 340 g/mol. The largest absolute Gasteiger partial charge is 0.378 e. The predicted molar refractivity (Wildman–Crippen MR) is 107 cm³/mol. The quantitative estimate of drug-likeness (QED) is 0.605. The molecule has 4 aliphatic rings. The van der Waals surface area contributed by atoms with Crippen molar-refractivity contribution in [1.82, 2.24) is 15.1 Å². The standard InChI is InChI=1S/C21H36N4O2/c1-22-21(23-19-15-18(19)16-5-3-2-4-6-16)25-9-7-17(8-10-25)20(26)24-11-13-27-14-12-24/h16-19H,2-15H2,1H3,(H,22,23). The molecule has 0 radical (unpaired) electrons. The van der Waals surface area contributed by atoms with Gasteiger partial charge in [-0.1, -0.05) is 32.1 Å². The number of guanidine groups is 1. The van der Waals surface area contributed by atoms with E-state index in [0.29, 0.717) is 25.2 Å². The van der Waals surface area contributed by atoms with Crippen molar-refractivity contribution >= 4 is 11.9 Å². The summed E-state index contributed by atoms with van der Waals surface area (Å²) in [5.74, 6) is 3.36. The highest BCUT2D eigenvalue weighted by molar-refractivity contribution is 5.82. The van der Waals surface area contributed by atoms with Gasteiger partial charge in [0.2, 0.25) is 5.91 Å². The third-order valence-electron chi connectivity index (χ3n) is 7.09. The number of rotatable bonds is 3. The number of piperidine rings is 1. The number of hydrogen-bond donors (Lipinski definition) is 1. The minimum Gasteiger partial charge on any atom is -0.378 e. The Hall–Kier alpha value is -1.30. The third kappa shape index (κ3) is 4.58. The molecule has 4 fully saturated rings. The second-order valence-electron chi connectivity index (χ2n) is 8.79. The molecule has 0 aromatic carbocycles. The van der Waals surface area contributed by atoms with Gasteiger partial charge in [0.25, 0.3) is 0 Å². The molecule has 2 aliphatic carbocycles. The lowest BCUT2D eigenvalue weighted by Gasteiger charge is -2.37. The van der Waals surface area contributed by atoms with Crippen LogP contribution in [0.15, 0.2) is 4.99 Å². The average Bonchev–Trinajstić information content (AvgIpc) is 3.52. The molecule has 2 aliphatic heterocycles. The average molecular weight is 377 g/mol. The van der Waals surface area contributed by atoms with Crippen LogP contribution >= 0.6 is 0 Å². The summed E-state index contributed by atoms with van der Waals surface area (Å²) in [6, 6.07) is 0.625. The van der Waals surface area contributed by atoms with Gasteiger partial charge in [-0.05, 0) is 31.1 Å². The van der Waals surface area contributed by atoms with Crippen molar-refractivity contribution < 1.29 is 9.53 Å². The van der Waals surface area contributed by atoms with E-state index in [9.17, 15) is 4.79 Å². The molecule has 0 bridgehead atoms. The van der Waals surface area contributed by atoms with E-state index in [1.165, 1.54) is 38.5 Å². The Morgan fingerprint density at radius 1 is 0.963 bits per heavy atom. The Morgan fingerprint density at radius 2 is 1.67 bits per heavy atom. The highest BCUT2D eigenvalue weighted by Gasteiger charge is 2.44. The molecule has 2 saturated heterocycles. The maximum atomic E-state index is 12.7. The molecule has 2 atom stereocenters. The van der Waals surface area contributed by atoms with Crippen molar-refractivity contribution in [3.05, 3.63) is 0 Å². The number of amides is 1. The second-order valence-corrected chi connectivity index (χ2v) is 8.79. The van der Waals surface area contributed by atoms with Gasteiger partial charge in [-0.2, -0.15) is 0 Å². The summed E-state index contributed by atoms with van der Waals surface area (Å²) >= 11 is 0. The lowest BCUT2D eigenvalue weighted by atomic mass is 9.85. The Kier molecular flexibility index (Phi) is 6.21. The number of aliphatic imine (C=N–C) groups is 1. The van der Waals surface area contributed by atoms with Gasteiger partial charge >= 0.3 is 0 Å². The molecule has 0 aromatic heterocycles. The van der Waals surface area contributed by atoms with Gasteiger partial charge in [0.05, 0.1) is 13.2 Å². The summed E-state index contributed by atoms with van der Waals surface area (Å²) in [6.07, 6.45) is 10.3. The van der Waals surface area contributed by atoms with E-state index in [-0.39, 0.29) is 5.92 Å². The molecule has 2 unspecified atom stereocenters. The molecule has 0 aromatic rings. The Bertz CT molecular complexity index is 532. The smallest absolute Gasteiger partial charge is 0.225 e. The number of hydrogen-bond acceptors (Lipinski definition) is 3. The zero-order valence-corrected chi connectivity index (χ0v) is 16.9. The van der Waals surface area contributed by atoms with Gasteiger partial charge in [0.1, 0.15) is 0 Å². The maximum Gasteiger partial charge on any atom is 0.225 e. The van der Waals surface area contributed by atoms with Gasteiger partial charge in [-0.15, -0.1) is 0 Å². The summed E-state index contributed by atoms with van der Waals surface area (Å²) < 4.78 is 5.37. The van der Waals surface area contributed by atoms with Gasteiger partial charge in [0.15, 0.2) is 5.96 Å². The van der Waals surface area contributed by atoms with E-state index in [2.05, 4.69) is 15.2 Å². The summed E-state index contributed by atoms with van der Waals surface area (Å²) in [6.45, 7) is 4.75. The molecule has 6 heteroatoms. The van der Waals surface area contributed by atoms with Gasteiger partial charge in [0, 0.05) is 45.2 Å². The lowest BCUT2D eigenvalue weighted by molar-refractivity contribution is -0.140. The SMILES string of the molecule is CN=C(NC1CC1C1CCCCC1)N1CCC(C(=O)N2CCOCC2)CC1. The Balaban J connectivity index is 1.23. The molecule has 2 saturated carbocycles. The van der Waals surface area contributed by atoms with Gasteiger partial charge in [-0.25, -0.2) is 0 Å². The number of morpholine rings is 1. The van der Waals surface area contributed by atoms with E-state index in [4.69, 9.17) is 4.74 Å². The van der Waals surface area contributed by atoms with Gasteiger partial charge < -0.3 is 19.9 Å². The highest BCUT2D eigenvalue weighted by Crippen LogP contribution is 2.44. The first-order valence-electron chi connectivity index (χ1n) is 11.1. The first-order valence-corrected chi connectivity index (χ1v) is 11.1. The van der Waals surface area contributed by atoms with Crippen LogP contribution < -0.4 is 5.32 Å². The summed E-state index contributed by atoms with van der Waals surface area (Å²) in [4.78, 5) is 21.6. The molecule has 1 amide bonds. The maximum absolute atomic E-state index is 12.7. The Morgan fingerprint density at radius 3 is 2.33 bits per heavy atom. The van der Waals surface area contributed by atoms with E-state index in [0.717, 1.165) is 56.8 Å². The summed E-state index contributed by atoms with van der Waals surface area (Å²) in [7, 11) is 1.89. The first kappa shape index (κ1) is 19.0. The lowest BCUT2D eigenvalue weighted by Crippen LogP contribution is -2.50. The second kappa shape index (κ2) is 8.80. The van der Waals surface area contributed by atoms with Crippen LogP contribution in [0.4, 0.5) is 0 Å². The topological polar surface area (TPSA) is 57.2 Å². The number of carbonyl (C=O) groups excluding carboxylic acids is 1. The zero-order valence-electron chi connectivity index (χ0n) is 16.9. The van der Waals surface area contributed by atoms with E-state index in [1.54, 1.807) is 0 Å². The number of ether oxygens (including phenoxy) is 1. The van der Waals surface area contributed by atoms with Crippen LogP contribution in [0.2, 0.25) is 0 Å². The summed E-state index contributed by atoms with van der Waals surface area (Å²) in [5, 5.41) is 3.73. The van der Waals surface area contributed by atoms with Crippen molar-refractivity contribution in [2.45, 2.75) is 57.4 Å². The minimum atomic E-state index is 0.174.